The minimum Gasteiger partial charge on any atom is -0.378 e. The van der Waals surface area contributed by atoms with Gasteiger partial charge in [0.1, 0.15) is 10.6 Å². The summed E-state index contributed by atoms with van der Waals surface area (Å²) >= 11 is 1.70. The third kappa shape index (κ3) is 2.36. The van der Waals surface area contributed by atoms with Crippen molar-refractivity contribution in [3.63, 3.8) is 0 Å². The number of aryl methyl sites for hydroxylation is 1. The van der Waals surface area contributed by atoms with Crippen LogP contribution in [0.1, 0.15) is 11.8 Å². The van der Waals surface area contributed by atoms with Gasteiger partial charge in [0.25, 0.3) is 0 Å². The maximum absolute atomic E-state index is 5.47. The molecule has 2 aromatic heterocycles. The molecule has 0 amide bonds. The Balaban J connectivity index is 2.11. The molecular formula is C12H17N5OS. The molecule has 6 nitrogen and oxygen atoms in total. The van der Waals surface area contributed by atoms with Crippen LogP contribution in [0.4, 0.5) is 11.8 Å². The van der Waals surface area contributed by atoms with Crippen LogP contribution in [0.3, 0.4) is 0 Å². The van der Waals surface area contributed by atoms with Gasteiger partial charge in [0, 0.05) is 18.0 Å². The van der Waals surface area contributed by atoms with E-state index in [2.05, 4.69) is 33.3 Å². The maximum Gasteiger partial charge on any atom is 0.240 e. The first-order chi connectivity index (χ1) is 9.31. The van der Waals surface area contributed by atoms with Gasteiger partial charge in [-0.2, -0.15) is 4.98 Å². The van der Waals surface area contributed by atoms with Gasteiger partial charge in [-0.3, -0.25) is 5.43 Å². The van der Waals surface area contributed by atoms with E-state index in [1.54, 1.807) is 11.3 Å². The molecule has 0 atom stereocenters. The predicted octanol–water partition coefficient (Wildman–Crippen LogP) is 1.38. The SMILES string of the molecule is CCc1cc2c(N3CCOCC3)nc(NN)nc2s1. The summed E-state index contributed by atoms with van der Waals surface area (Å²) in [6, 6.07) is 2.19. The number of rotatable bonds is 3. The zero-order valence-corrected chi connectivity index (χ0v) is 11.7. The van der Waals surface area contributed by atoms with Crippen molar-refractivity contribution in [1.29, 1.82) is 0 Å². The number of thiophene rings is 1. The fourth-order valence-corrected chi connectivity index (χ4v) is 3.17. The Morgan fingerprint density at radius 2 is 2.21 bits per heavy atom. The Hall–Kier alpha value is -1.44. The van der Waals surface area contributed by atoms with Crippen LogP contribution in [0.2, 0.25) is 0 Å². The zero-order valence-electron chi connectivity index (χ0n) is 10.8. The van der Waals surface area contributed by atoms with Crippen LogP contribution in [0, 0.1) is 0 Å². The number of anilines is 2. The number of nitrogen functional groups attached to an aromatic ring is 1. The number of nitrogens with two attached hydrogens (primary N) is 1. The number of ether oxygens (including phenoxy) is 1. The van der Waals surface area contributed by atoms with Crippen LogP contribution in [-0.2, 0) is 11.2 Å². The van der Waals surface area contributed by atoms with E-state index >= 15 is 0 Å². The highest BCUT2D eigenvalue weighted by Crippen LogP contribution is 2.32. The highest BCUT2D eigenvalue weighted by Gasteiger charge is 2.18. The van der Waals surface area contributed by atoms with Crippen molar-refractivity contribution in [3.8, 4) is 0 Å². The molecule has 19 heavy (non-hydrogen) atoms. The summed E-state index contributed by atoms with van der Waals surface area (Å²) in [5.74, 6) is 6.89. The first-order valence-electron chi connectivity index (χ1n) is 6.41. The standard InChI is InChI=1S/C12H17N5OS/c1-2-8-7-9-10(17-3-5-18-6-4-17)14-12(16-13)15-11(9)19-8/h7H,2-6,13H2,1H3,(H,14,15,16). The van der Waals surface area contributed by atoms with Crippen LogP contribution in [-0.4, -0.2) is 36.3 Å². The Bertz CT molecular complexity index is 579. The van der Waals surface area contributed by atoms with Gasteiger partial charge in [-0.05, 0) is 12.5 Å². The average Bonchev–Trinajstić information content (AvgIpc) is 2.90. The third-order valence-electron chi connectivity index (χ3n) is 3.21. The molecule has 1 aliphatic heterocycles. The molecule has 3 rings (SSSR count). The second kappa shape index (κ2) is 5.28. The van der Waals surface area contributed by atoms with Gasteiger partial charge >= 0.3 is 0 Å². The van der Waals surface area contributed by atoms with Crippen molar-refractivity contribution in [2.75, 3.05) is 36.6 Å². The quantitative estimate of drug-likeness (QED) is 0.653. The molecule has 0 aliphatic carbocycles. The number of morpholine rings is 1. The lowest BCUT2D eigenvalue weighted by Gasteiger charge is -2.28. The Labute approximate surface area is 115 Å². The van der Waals surface area contributed by atoms with Gasteiger partial charge in [0.05, 0.1) is 18.6 Å². The Morgan fingerprint density at radius 1 is 1.42 bits per heavy atom. The summed E-state index contributed by atoms with van der Waals surface area (Å²) in [6.45, 7) is 5.33. The van der Waals surface area contributed by atoms with E-state index < -0.39 is 0 Å². The molecule has 3 heterocycles. The number of hydrogen-bond donors (Lipinski definition) is 2. The van der Waals surface area contributed by atoms with Crippen molar-refractivity contribution < 1.29 is 4.74 Å². The second-order valence-electron chi connectivity index (χ2n) is 4.40. The number of hydrogen-bond acceptors (Lipinski definition) is 7. The second-order valence-corrected chi connectivity index (χ2v) is 5.51. The largest absolute Gasteiger partial charge is 0.378 e. The molecule has 1 fully saturated rings. The molecule has 0 saturated carbocycles. The molecule has 102 valence electrons. The minimum absolute atomic E-state index is 0.471. The highest BCUT2D eigenvalue weighted by molar-refractivity contribution is 7.18. The fourth-order valence-electron chi connectivity index (χ4n) is 2.21. The molecule has 1 saturated heterocycles. The molecule has 0 aromatic carbocycles. The van der Waals surface area contributed by atoms with Gasteiger partial charge in [-0.25, -0.2) is 10.8 Å². The zero-order chi connectivity index (χ0) is 13.2. The van der Waals surface area contributed by atoms with Crippen molar-refractivity contribution in [2.45, 2.75) is 13.3 Å². The third-order valence-corrected chi connectivity index (χ3v) is 4.39. The van der Waals surface area contributed by atoms with Crippen LogP contribution in [0.5, 0.6) is 0 Å². The van der Waals surface area contributed by atoms with Crippen LogP contribution < -0.4 is 16.2 Å². The summed E-state index contributed by atoms with van der Waals surface area (Å²) in [5, 5.41) is 1.11. The molecule has 2 aromatic rings. The summed E-state index contributed by atoms with van der Waals surface area (Å²) < 4.78 is 5.39. The lowest BCUT2D eigenvalue weighted by atomic mass is 10.3. The number of nitrogens with one attached hydrogen (secondary N) is 1. The summed E-state index contributed by atoms with van der Waals surface area (Å²) in [6.07, 6.45) is 1.01. The van der Waals surface area contributed by atoms with E-state index in [1.165, 1.54) is 4.88 Å². The Morgan fingerprint density at radius 3 is 2.89 bits per heavy atom. The van der Waals surface area contributed by atoms with E-state index in [4.69, 9.17) is 10.6 Å². The molecule has 0 radical (unpaired) electrons. The molecular weight excluding hydrogens is 262 g/mol. The van der Waals surface area contributed by atoms with Crippen molar-refractivity contribution in [3.05, 3.63) is 10.9 Å². The molecule has 1 aliphatic rings. The normalized spacial score (nSPS) is 16.0. The minimum atomic E-state index is 0.471. The highest BCUT2D eigenvalue weighted by atomic mass is 32.1. The Kier molecular flexibility index (Phi) is 3.50. The van der Waals surface area contributed by atoms with E-state index in [-0.39, 0.29) is 0 Å². The fraction of sp³-hybridized carbons (Fsp3) is 0.500. The summed E-state index contributed by atoms with van der Waals surface area (Å²) in [7, 11) is 0. The van der Waals surface area contributed by atoms with E-state index in [0.717, 1.165) is 48.8 Å². The van der Waals surface area contributed by atoms with Crippen LogP contribution in [0.15, 0.2) is 6.07 Å². The number of nitrogens with zero attached hydrogens (tertiary/aromatic N) is 3. The molecule has 0 unspecified atom stereocenters. The van der Waals surface area contributed by atoms with E-state index in [0.29, 0.717) is 5.95 Å². The summed E-state index contributed by atoms with van der Waals surface area (Å²) in [4.78, 5) is 13.5. The van der Waals surface area contributed by atoms with Crippen molar-refractivity contribution in [1.82, 2.24) is 9.97 Å². The lowest BCUT2D eigenvalue weighted by molar-refractivity contribution is 0.122. The maximum atomic E-state index is 5.47. The number of aromatic nitrogens is 2. The van der Waals surface area contributed by atoms with Crippen LogP contribution in [0.25, 0.3) is 10.2 Å². The average molecular weight is 279 g/mol. The molecule has 0 spiro atoms. The van der Waals surface area contributed by atoms with Gasteiger partial charge in [0.15, 0.2) is 0 Å². The first-order valence-corrected chi connectivity index (χ1v) is 7.23. The van der Waals surface area contributed by atoms with Gasteiger partial charge in [-0.1, -0.05) is 6.92 Å². The van der Waals surface area contributed by atoms with Gasteiger partial charge in [-0.15, -0.1) is 11.3 Å². The first kappa shape index (κ1) is 12.6. The van der Waals surface area contributed by atoms with Crippen LogP contribution >= 0.6 is 11.3 Å². The monoisotopic (exact) mass is 279 g/mol. The molecule has 0 bridgehead atoms. The number of hydrazine groups is 1. The molecule has 7 heteroatoms. The van der Waals surface area contributed by atoms with E-state index in [1.807, 2.05) is 0 Å². The summed E-state index contributed by atoms with van der Waals surface area (Å²) in [5.41, 5.74) is 2.55. The van der Waals surface area contributed by atoms with Crippen molar-refractivity contribution >= 4 is 33.3 Å². The van der Waals surface area contributed by atoms with Crippen molar-refractivity contribution in [2.24, 2.45) is 5.84 Å². The lowest BCUT2D eigenvalue weighted by Crippen LogP contribution is -2.37. The smallest absolute Gasteiger partial charge is 0.240 e. The van der Waals surface area contributed by atoms with Gasteiger partial charge in [0.2, 0.25) is 5.95 Å². The topological polar surface area (TPSA) is 76.3 Å². The van der Waals surface area contributed by atoms with Gasteiger partial charge < -0.3 is 9.64 Å². The molecule has 3 N–H and O–H groups in total. The number of fused-ring (bicyclic) bond motifs is 1. The van der Waals surface area contributed by atoms with E-state index in [9.17, 15) is 0 Å². The predicted molar refractivity (Wildman–Crippen MR) is 77.6 cm³/mol.